The maximum Gasteiger partial charge on any atom is 0.226 e. The third-order valence-electron chi connectivity index (χ3n) is 3.34. The number of nitrogens with one attached hydrogen (secondary N) is 2. The Kier molecular flexibility index (Phi) is 3.78. The Morgan fingerprint density at radius 2 is 2.53 bits per heavy atom. The average Bonchev–Trinajstić information content (AvgIpc) is 2.94. The molecule has 1 aliphatic heterocycles. The van der Waals surface area contributed by atoms with E-state index in [0.29, 0.717) is 13.2 Å². The smallest absolute Gasteiger partial charge is 0.226 e. The van der Waals surface area contributed by atoms with Crippen molar-refractivity contribution in [2.45, 2.75) is 39.3 Å². The van der Waals surface area contributed by atoms with Gasteiger partial charge in [0, 0.05) is 24.4 Å². The number of hydrogen-bond acceptors (Lipinski definition) is 3. The second kappa shape index (κ2) is 5.31. The number of carbonyl (C=O) groups excluding carboxylic acids is 1. The minimum absolute atomic E-state index is 0.00667. The first-order valence-electron chi connectivity index (χ1n) is 6.10. The number of aryl methyl sites for hydroxylation is 1. The van der Waals surface area contributed by atoms with E-state index < -0.39 is 0 Å². The number of hydrogen-bond donors (Lipinski definition) is 2. The van der Waals surface area contributed by atoms with Crippen molar-refractivity contribution in [3.8, 4) is 0 Å². The number of aromatic amines is 1. The molecule has 0 spiro atoms. The zero-order chi connectivity index (χ0) is 12.3. The van der Waals surface area contributed by atoms with E-state index in [1.165, 1.54) is 0 Å². The molecule has 0 bridgehead atoms. The first kappa shape index (κ1) is 12.1. The normalized spacial score (nSPS) is 23.9. The van der Waals surface area contributed by atoms with Crippen molar-refractivity contribution in [3.63, 3.8) is 0 Å². The van der Waals surface area contributed by atoms with E-state index in [0.717, 1.165) is 24.1 Å². The number of nitrogens with zero attached hydrogens (tertiary/aromatic N) is 1. The van der Waals surface area contributed by atoms with Gasteiger partial charge in [-0.2, -0.15) is 5.10 Å². The molecule has 17 heavy (non-hydrogen) atoms. The molecule has 2 unspecified atom stereocenters. The predicted molar refractivity (Wildman–Crippen MR) is 63.3 cm³/mol. The molecule has 0 aromatic carbocycles. The van der Waals surface area contributed by atoms with Crippen LogP contribution in [-0.4, -0.2) is 28.8 Å². The third kappa shape index (κ3) is 2.66. The second-order valence-electron chi connectivity index (χ2n) is 4.45. The molecule has 5 heteroatoms. The second-order valence-corrected chi connectivity index (χ2v) is 4.45. The van der Waals surface area contributed by atoms with Gasteiger partial charge in [-0.1, -0.05) is 6.92 Å². The molecule has 2 heterocycles. The van der Waals surface area contributed by atoms with Gasteiger partial charge in [0.05, 0.1) is 18.2 Å². The van der Waals surface area contributed by atoms with Gasteiger partial charge in [0.2, 0.25) is 5.91 Å². The monoisotopic (exact) mass is 237 g/mol. The van der Waals surface area contributed by atoms with Crippen LogP contribution in [0, 0.1) is 12.8 Å². The summed E-state index contributed by atoms with van der Waals surface area (Å²) in [7, 11) is 0. The van der Waals surface area contributed by atoms with Gasteiger partial charge in [0.25, 0.3) is 0 Å². The molecule has 2 rings (SSSR count). The summed E-state index contributed by atoms with van der Waals surface area (Å²) >= 11 is 0. The van der Waals surface area contributed by atoms with Crippen LogP contribution >= 0.6 is 0 Å². The summed E-state index contributed by atoms with van der Waals surface area (Å²) in [5.41, 5.74) is 2.03. The van der Waals surface area contributed by atoms with Crippen molar-refractivity contribution in [3.05, 3.63) is 17.5 Å². The van der Waals surface area contributed by atoms with Crippen molar-refractivity contribution in [2.75, 3.05) is 6.61 Å². The summed E-state index contributed by atoms with van der Waals surface area (Å²) in [6.07, 6.45) is 3.55. The van der Waals surface area contributed by atoms with E-state index in [4.69, 9.17) is 4.74 Å². The zero-order valence-corrected chi connectivity index (χ0v) is 10.3. The molecule has 1 amide bonds. The Bertz CT molecular complexity index is 389. The quantitative estimate of drug-likeness (QED) is 0.825. The standard InChI is InChI=1S/C12H19N3O2/c1-3-11-10(4-5-17-11)12(16)13-6-9-7-14-15-8(9)2/h7,10-11H,3-6H2,1-2H3,(H,13,16)(H,14,15). The lowest BCUT2D eigenvalue weighted by Crippen LogP contribution is -2.34. The van der Waals surface area contributed by atoms with Gasteiger partial charge < -0.3 is 10.1 Å². The van der Waals surface area contributed by atoms with Crippen molar-refractivity contribution in [2.24, 2.45) is 5.92 Å². The first-order chi connectivity index (χ1) is 8.22. The van der Waals surface area contributed by atoms with E-state index in [2.05, 4.69) is 22.4 Å². The molecule has 2 atom stereocenters. The van der Waals surface area contributed by atoms with E-state index in [1.54, 1.807) is 6.20 Å². The Labute approximate surface area is 101 Å². The number of carbonyl (C=O) groups is 1. The Morgan fingerprint density at radius 1 is 1.71 bits per heavy atom. The van der Waals surface area contributed by atoms with Crippen LogP contribution in [0.15, 0.2) is 6.20 Å². The fraction of sp³-hybridized carbons (Fsp3) is 0.667. The summed E-state index contributed by atoms with van der Waals surface area (Å²) < 4.78 is 5.52. The fourth-order valence-electron chi connectivity index (χ4n) is 2.22. The highest BCUT2D eigenvalue weighted by Crippen LogP contribution is 2.23. The lowest BCUT2D eigenvalue weighted by molar-refractivity contribution is -0.126. The maximum atomic E-state index is 12.0. The highest BCUT2D eigenvalue weighted by atomic mass is 16.5. The van der Waals surface area contributed by atoms with Gasteiger partial charge in [0.1, 0.15) is 0 Å². The number of rotatable bonds is 4. The van der Waals surface area contributed by atoms with Crippen molar-refractivity contribution in [1.82, 2.24) is 15.5 Å². The summed E-state index contributed by atoms with van der Waals surface area (Å²) in [4.78, 5) is 12.0. The minimum atomic E-state index is 0.00667. The van der Waals surface area contributed by atoms with Crippen molar-refractivity contribution in [1.29, 1.82) is 0 Å². The van der Waals surface area contributed by atoms with E-state index >= 15 is 0 Å². The highest BCUT2D eigenvalue weighted by molar-refractivity contribution is 5.79. The minimum Gasteiger partial charge on any atom is -0.377 e. The van der Waals surface area contributed by atoms with Gasteiger partial charge in [-0.05, 0) is 19.8 Å². The summed E-state index contributed by atoms with van der Waals surface area (Å²) in [5.74, 6) is 0.0992. The van der Waals surface area contributed by atoms with Crippen LogP contribution in [0.2, 0.25) is 0 Å². The molecule has 0 saturated carbocycles. The van der Waals surface area contributed by atoms with Crippen LogP contribution < -0.4 is 5.32 Å². The van der Waals surface area contributed by atoms with Gasteiger partial charge >= 0.3 is 0 Å². The first-order valence-corrected chi connectivity index (χ1v) is 6.10. The molecule has 1 fully saturated rings. The number of amides is 1. The van der Waals surface area contributed by atoms with Gasteiger partial charge in [-0.25, -0.2) is 0 Å². The van der Waals surface area contributed by atoms with Crippen LogP contribution in [-0.2, 0) is 16.1 Å². The van der Waals surface area contributed by atoms with Crippen molar-refractivity contribution < 1.29 is 9.53 Å². The van der Waals surface area contributed by atoms with Crippen LogP contribution in [0.5, 0.6) is 0 Å². The van der Waals surface area contributed by atoms with Gasteiger partial charge in [-0.15, -0.1) is 0 Å². The predicted octanol–water partition coefficient (Wildman–Crippen LogP) is 1.15. The molecular formula is C12H19N3O2. The van der Waals surface area contributed by atoms with E-state index in [1.807, 2.05) is 6.92 Å². The number of H-pyrrole nitrogens is 1. The molecule has 1 aromatic rings. The molecule has 1 saturated heterocycles. The van der Waals surface area contributed by atoms with Gasteiger partial charge in [0.15, 0.2) is 0 Å². The lowest BCUT2D eigenvalue weighted by atomic mass is 9.98. The molecule has 94 valence electrons. The summed E-state index contributed by atoms with van der Waals surface area (Å²) in [6.45, 7) is 5.23. The number of ether oxygens (including phenoxy) is 1. The topological polar surface area (TPSA) is 67.0 Å². The molecular weight excluding hydrogens is 218 g/mol. The van der Waals surface area contributed by atoms with Crippen LogP contribution in [0.4, 0.5) is 0 Å². The molecule has 0 aliphatic carbocycles. The molecule has 1 aromatic heterocycles. The molecule has 1 aliphatic rings. The summed E-state index contributed by atoms with van der Waals surface area (Å²) in [6, 6.07) is 0. The third-order valence-corrected chi connectivity index (χ3v) is 3.34. The Hall–Kier alpha value is -1.36. The van der Waals surface area contributed by atoms with Crippen LogP contribution in [0.3, 0.4) is 0 Å². The Morgan fingerprint density at radius 3 is 3.18 bits per heavy atom. The zero-order valence-electron chi connectivity index (χ0n) is 10.3. The van der Waals surface area contributed by atoms with E-state index in [9.17, 15) is 4.79 Å². The van der Waals surface area contributed by atoms with Crippen LogP contribution in [0.25, 0.3) is 0 Å². The molecule has 2 N–H and O–H groups in total. The van der Waals surface area contributed by atoms with Crippen molar-refractivity contribution >= 4 is 5.91 Å². The molecule has 0 radical (unpaired) electrons. The maximum absolute atomic E-state index is 12.0. The van der Waals surface area contributed by atoms with Crippen LogP contribution in [0.1, 0.15) is 31.0 Å². The van der Waals surface area contributed by atoms with Gasteiger partial charge in [-0.3, -0.25) is 9.89 Å². The van der Waals surface area contributed by atoms with E-state index in [-0.39, 0.29) is 17.9 Å². The lowest BCUT2D eigenvalue weighted by Gasteiger charge is -2.16. The Balaban J connectivity index is 1.87. The SMILES string of the molecule is CCC1OCCC1C(=O)NCc1cn[nH]c1C. The molecule has 5 nitrogen and oxygen atoms in total. The fourth-order valence-corrected chi connectivity index (χ4v) is 2.22. The number of aromatic nitrogens is 2. The summed E-state index contributed by atoms with van der Waals surface area (Å²) in [5, 5.41) is 9.74. The average molecular weight is 237 g/mol. The highest BCUT2D eigenvalue weighted by Gasteiger charge is 2.32. The largest absolute Gasteiger partial charge is 0.377 e.